The van der Waals surface area contributed by atoms with Gasteiger partial charge < -0.3 is 14.8 Å². The van der Waals surface area contributed by atoms with Crippen molar-refractivity contribution >= 4 is 0 Å². The zero-order valence-electron chi connectivity index (χ0n) is 11.4. The molecule has 1 aromatic rings. The molecule has 1 aliphatic heterocycles. The first-order chi connectivity index (χ1) is 9.26. The molecule has 1 aromatic carbocycles. The molecule has 1 aliphatic rings. The third-order valence-electron chi connectivity index (χ3n) is 3.26. The third-order valence-corrected chi connectivity index (χ3v) is 3.26. The fraction of sp³-hybridized carbons (Fsp3) is 0.467. The third kappa shape index (κ3) is 3.26. The Kier molecular flexibility index (Phi) is 4.80. The van der Waals surface area contributed by atoms with Crippen LogP contribution in [0.25, 0.3) is 0 Å². The van der Waals surface area contributed by atoms with Crippen LogP contribution in [0, 0.1) is 5.82 Å². The Hall–Kier alpha value is -1.55. The van der Waals surface area contributed by atoms with Gasteiger partial charge in [-0.1, -0.05) is 13.0 Å². The second-order valence-electron chi connectivity index (χ2n) is 4.55. The van der Waals surface area contributed by atoms with E-state index in [-0.39, 0.29) is 11.9 Å². The second kappa shape index (κ2) is 6.57. The van der Waals surface area contributed by atoms with Gasteiger partial charge >= 0.3 is 0 Å². The highest BCUT2D eigenvalue weighted by Crippen LogP contribution is 2.30. The minimum Gasteiger partial charge on any atom is -0.501 e. The van der Waals surface area contributed by atoms with Gasteiger partial charge in [0.25, 0.3) is 0 Å². The number of benzene rings is 1. The Labute approximate surface area is 113 Å². The summed E-state index contributed by atoms with van der Waals surface area (Å²) in [5, 5.41) is 3.32. The largest absolute Gasteiger partial charge is 0.501 e. The second-order valence-corrected chi connectivity index (χ2v) is 4.55. The number of rotatable bonds is 5. The van der Waals surface area contributed by atoms with Gasteiger partial charge in [-0.05, 0) is 31.0 Å². The highest BCUT2D eigenvalue weighted by atomic mass is 19.1. The lowest BCUT2D eigenvalue weighted by molar-refractivity contribution is 0.219. The first kappa shape index (κ1) is 13.9. The van der Waals surface area contributed by atoms with Gasteiger partial charge in [-0.3, -0.25) is 0 Å². The van der Waals surface area contributed by atoms with E-state index in [2.05, 4.69) is 5.32 Å². The summed E-state index contributed by atoms with van der Waals surface area (Å²) in [7, 11) is 1.54. The molecule has 0 spiro atoms. The van der Waals surface area contributed by atoms with E-state index in [4.69, 9.17) is 9.47 Å². The molecular formula is C15H20FNO2. The summed E-state index contributed by atoms with van der Waals surface area (Å²) in [4.78, 5) is 0. The molecule has 3 nitrogen and oxygen atoms in total. The Balaban J connectivity index is 2.30. The fourth-order valence-corrected chi connectivity index (χ4v) is 2.31. The lowest BCUT2D eigenvalue weighted by Crippen LogP contribution is -2.25. The van der Waals surface area contributed by atoms with Crippen LogP contribution in [0.5, 0.6) is 5.75 Å². The number of nitrogens with one attached hydrogen (secondary N) is 1. The van der Waals surface area contributed by atoms with Crippen LogP contribution in [0.3, 0.4) is 0 Å². The van der Waals surface area contributed by atoms with Crippen molar-refractivity contribution in [3.05, 3.63) is 41.4 Å². The van der Waals surface area contributed by atoms with Gasteiger partial charge in [0, 0.05) is 11.6 Å². The lowest BCUT2D eigenvalue weighted by Gasteiger charge is -2.25. The topological polar surface area (TPSA) is 30.5 Å². The van der Waals surface area contributed by atoms with Crippen LogP contribution in [-0.2, 0) is 4.74 Å². The van der Waals surface area contributed by atoms with E-state index in [1.54, 1.807) is 18.4 Å². The number of methoxy groups -OCH3 is 1. The van der Waals surface area contributed by atoms with E-state index in [1.807, 2.05) is 6.92 Å². The molecule has 19 heavy (non-hydrogen) atoms. The van der Waals surface area contributed by atoms with Crippen LogP contribution >= 0.6 is 0 Å². The lowest BCUT2D eigenvalue weighted by atomic mass is 9.94. The molecule has 1 heterocycles. The maximum absolute atomic E-state index is 14.2. The van der Waals surface area contributed by atoms with Crippen molar-refractivity contribution in [2.45, 2.75) is 25.8 Å². The monoisotopic (exact) mass is 265 g/mol. The van der Waals surface area contributed by atoms with Gasteiger partial charge in [0.05, 0.1) is 26.0 Å². The van der Waals surface area contributed by atoms with E-state index in [1.165, 1.54) is 13.2 Å². The molecule has 0 saturated heterocycles. The first-order valence-corrected chi connectivity index (χ1v) is 6.63. The molecule has 4 heteroatoms. The standard InChI is InChI=1S/C15H20FNO2/c1-3-17-15(11-5-4-8-19-10-11)13-7-6-12(18-2)9-14(13)16/h6-7,9-10,15,17H,3-5,8H2,1-2H3. The highest BCUT2D eigenvalue weighted by Gasteiger charge is 2.21. The molecule has 0 saturated carbocycles. The molecule has 104 valence electrons. The molecule has 0 amide bonds. The summed E-state index contributed by atoms with van der Waals surface area (Å²) in [6, 6.07) is 4.85. The summed E-state index contributed by atoms with van der Waals surface area (Å²) < 4.78 is 24.6. The fourth-order valence-electron chi connectivity index (χ4n) is 2.31. The van der Waals surface area contributed by atoms with Crippen molar-refractivity contribution in [3.8, 4) is 5.75 Å². The summed E-state index contributed by atoms with van der Waals surface area (Å²) in [5.41, 5.74) is 1.73. The van der Waals surface area contributed by atoms with Gasteiger partial charge in [-0.15, -0.1) is 0 Å². The number of hydrogen-bond acceptors (Lipinski definition) is 3. The summed E-state index contributed by atoms with van der Waals surface area (Å²) in [6.45, 7) is 3.53. The highest BCUT2D eigenvalue weighted by molar-refractivity contribution is 5.35. The molecule has 0 bridgehead atoms. The summed E-state index contributed by atoms with van der Waals surface area (Å²) >= 11 is 0. The van der Waals surface area contributed by atoms with E-state index in [0.29, 0.717) is 11.3 Å². The SMILES string of the molecule is CCNC(C1=COCCC1)c1ccc(OC)cc1F. The van der Waals surface area contributed by atoms with Crippen LogP contribution in [0.1, 0.15) is 31.4 Å². The molecule has 0 fully saturated rings. The number of halogens is 1. The van der Waals surface area contributed by atoms with Crippen molar-refractivity contribution in [3.63, 3.8) is 0 Å². The average Bonchev–Trinajstić information content (AvgIpc) is 2.46. The van der Waals surface area contributed by atoms with E-state index >= 15 is 0 Å². The van der Waals surface area contributed by atoms with Crippen LogP contribution in [0.15, 0.2) is 30.0 Å². The molecular weight excluding hydrogens is 245 g/mol. The molecule has 1 N–H and O–H groups in total. The Morgan fingerprint density at radius 1 is 1.47 bits per heavy atom. The Bertz CT molecular complexity index is 459. The van der Waals surface area contributed by atoms with E-state index in [9.17, 15) is 4.39 Å². The van der Waals surface area contributed by atoms with Gasteiger partial charge in [-0.25, -0.2) is 4.39 Å². The Morgan fingerprint density at radius 3 is 2.89 bits per heavy atom. The normalized spacial score (nSPS) is 16.5. The minimum absolute atomic E-state index is 0.129. The smallest absolute Gasteiger partial charge is 0.132 e. The zero-order valence-corrected chi connectivity index (χ0v) is 11.4. The summed E-state index contributed by atoms with van der Waals surface area (Å²) in [5.74, 6) is 0.280. The van der Waals surface area contributed by atoms with Gasteiger partial charge in [0.2, 0.25) is 0 Å². The summed E-state index contributed by atoms with van der Waals surface area (Å²) in [6.07, 6.45) is 3.68. The average molecular weight is 265 g/mol. The zero-order chi connectivity index (χ0) is 13.7. The van der Waals surface area contributed by atoms with Crippen LogP contribution < -0.4 is 10.1 Å². The van der Waals surface area contributed by atoms with Gasteiger partial charge in [0.15, 0.2) is 0 Å². The van der Waals surface area contributed by atoms with Gasteiger partial charge in [-0.2, -0.15) is 0 Å². The molecule has 0 radical (unpaired) electrons. The number of hydrogen-bond donors (Lipinski definition) is 1. The van der Waals surface area contributed by atoms with Gasteiger partial charge in [0.1, 0.15) is 11.6 Å². The van der Waals surface area contributed by atoms with Crippen molar-refractivity contribution in [2.24, 2.45) is 0 Å². The van der Waals surface area contributed by atoms with Crippen molar-refractivity contribution < 1.29 is 13.9 Å². The molecule has 0 aliphatic carbocycles. The van der Waals surface area contributed by atoms with E-state index in [0.717, 1.165) is 31.6 Å². The quantitative estimate of drug-likeness (QED) is 0.887. The Morgan fingerprint density at radius 2 is 2.32 bits per heavy atom. The van der Waals surface area contributed by atoms with E-state index < -0.39 is 0 Å². The predicted molar refractivity (Wildman–Crippen MR) is 72.6 cm³/mol. The van der Waals surface area contributed by atoms with Crippen LogP contribution in [0.4, 0.5) is 4.39 Å². The molecule has 1 unspecified atom stereocenters. The first-order valence-electron chi connectivity index (χ1n) is 6.63. The molecule has 1 atom stereocenters. The predicted octanol–water partition coefficient (Wildman–Crippen LogP) is 3.18. The number of ether oxygens (including phenoxy) is 2. The van der Waals surface area contributed by atoms with Crippen LogP contribution in [-0.4, -0.2) is 20.3 Å². The van der Waals surface area contributed by atoms with Crippen molar-refractivity contribution in [2.75, 3.05) is 20.3 Å². The molecule has 0 aromatic heterocycles. The number of likely N-dealkylation sites (N-methyl/N-ethyl adjacent to an activating group) is 1. The van der Waals surface area contributed by atoms with Crippen molar-refractivity contribution in [1.82, 2.24) is 5.32 Å². The van der Waals surface area contributed by atoms with Crippen molar-refractivity contribution in [1.29, 1.82) is 0 Å². The minimum atomic E-state index is -0.253. The maximum atomic E-state index is 14.2. The molecule has 2 rings (SSSR count). The van der Waals surface area contributed by atoms with Crippen LogP contribution in [0.2, 0.25) is 0 Å². The maximum Gasteiger partial charge on any atom is 0.132 e.